The van der Waals surface area contributed by atoms with Crippen LogP contribution < -0.4 is 5.32 Å². The van der Waals surface area contributed by atoms with Gasteiger partial charge in [0.1, 0.15) is 48.8 Å². The summed E-state index contributed by atoms with van der Waals surface area (Å²) in [5.41, 5.74) is 0. The van der Waals surface area contributed by atoms with Gasteiger partial charge in [-0.15, -0.1) is 0 Å². The van der Waals surface area contributed by atoms with Gasteiger partial charge < -0.3 is 65.1 Å². The molecule has 2 aliphatic heterocycles. The molecule has 0 aromatic heterocycles. The molecule has 2 rings (SSSR count). The topological polar surface area (TPSA) is 228 Å². The summed E-state index contributed by atoms with van der Waals surface area (Å²) < 4.78 is 22.7. The minimum absolute atomic E-state index is 0.241. The van der Waals surface area contributed by atoms with E-state index in [1.54, 1.807) is 6.08 Å². The standard InChI is InChI=1S/C64H115NO13/c1-3-5-7-9-11-12-13-14-15-16-17-18-19-20-21-22-23-24-25-26-27-28-29-30-31-32-33-34-35-36-37-38-39-40-42-44-46-48-56(69)65-52(53(68)47-45-43-41-10-8-6-4-2)51-75-63-61(74)59(72)62(55(50-67)77-63)78-64-60(73)58(71)57(70)54(49-66)76-64/h5,7,11-12,14-15,17-18,45,47,52-55,57-64,66-68,70-74H,3-4,6,8-10,13,16,19-44,46,48-51H2,1-2H3,(H,65,69)/b7-5-,12-11-,15-14-,18-17-,47-45+. The van der Waals surface area contributed by atoms with Gasteiger partial charge >= 0.3 is 0 Å². The van der Waals surface area contributed by atoms with Crippen LogP contribution in [0.2, 0.25) is 0 Å². The zero-order chi connectivity index (χ0) is 56.7. The molecule has 0 aromatic carbocycles. The van der Waals surface area contributed by atoms with Crippen LogP contribution in [-0.2, 0) is 23.7 Å². The van der Waals surface area contributed by atoms with Gasteiger partial charge in [-0.25, -0.2) is 0 Å². The molecule has 2 saturated heterocycles. The molecule has 78 heavy (non-hydrogen) atoms. The minimum atomic E-state index is -1.79. The lowest BCUT2D eigenvalue weighted by molar-refractivity contribution is -0.359. The molecule has 0 aromatic rings. The number of nitrogens with one attached hydrogen (secondary N) is 1. The van der Waals surface area contributed by atoms with Crippen molar-refractivity contribution in [3.05, 3.63) is 60.8 Å². The van der Waals surface area contributed by atoms with Crippen molar-refractivity contribution in [3.8, 4) is 0 Å². The van der Waals surface area contributed by atoms with Gasteiger partial charge in [-0.05, 0) is 57.8 Å². The van der Waals surface area contributed by atoms with Crippen LogP contribution >= 0.6 is 0 Å². The molecule has 454 valence electrons. The van der Waals surface area contributed by atoms with Crippen LogP contribution in [0.4, 0.5) is 0 Å². The number of rotatable bonds is 50. The fourth-order valence-corrected chi connectivity index (χ4v) is 10.2. The molecular weight excluding hydrogens is 991 g/mol. The Labute approximate surface area is 473 Å². The summed E-state index contributed by atoms with van der Waals surface area (Å²) in [6.45, 7) is 2.62. The number of allylic oxidation sites excluding steroid dienone is 9. The molecule has 0 spiro atoms. The van der Waals surface area contributed by atoms with Crippen LogP contribution in [0.1, 0.15) is 245 Å². The number of aliphatic hydroxyl groups excluding tert-OH is 8. The number of ether oxygens (including phenoxy) is 4. The highest BCUT2D eigenvalue weighted by Gasteiger charge is 2.51. The Morgan fingerprint density at radius 3 is 1.36 bits per heavy atom. The van der Waals surface area contributed by atoms with Crippen molar-refractivity contribution in [3.63, 3.8) is 0 Å². The van der Waals surface area contributed by atoms with Crippen molar-refractivity contribution < 1.29 is 64.6 Å². The van der Waals surface area contributed by atoms with Crippen molar-refractivity contribution >= 4 is 5.91 Å². The summed E-state index contributed by atoms with van der Waals surface area (Å²) in [6, 6.07) is -0.910. The Kier molecular flexibility index (Phi) is 45.4. The third-order valence-electron chi connectivity index (χ3n) is 15.2. The summed E-state index contributed by atoms with van der Waals surface area (Å²) in [5, 5.41) is 86.7. The van der Waals surface area contributed by atoms with Gasteiger partial charge in [-0.1, -0.05) is 242 Å². The summed E-state index contributed by atoms with van der Waals surface area (Å²) >= 11 is 0. The van der Waals surface area contributed by atoms with Gasteiger partial charge in [-0.3, -0.25) is 4.79 Å². The molecule has 14 heteroatoms. The molecule has 2 fully saturated rings. The second-order valence-electron chi connectivity index (χ2n) is 22.2. The highest BCUT2D eigenvalue weighted by Crippen LogP contribution is 2.30. The SMILES string of the molecule is CC/C=C\C/C=C\C/C=C\C/C=C\CCCCCCCCCCCCCCCCCCCCCCCCCCC(=O)NC(COC1OC(CO)C(OC2OC(CO)C(O)C(O)C2O)C(O)C1O)C(O)/C=C/CCCCCCC. The molecule has 1 amide bonds. The minimum Gasteiger partial charge on any atom is -0.394 e. The normalized spacial score (nSPS) is 24.9. The van der Waals surface area contributed by atoms with Crippen LogP contribution in [0, 0.1) is 0 Å². The fraction of sp³-hybridized carbons (Fsp3) is 0.828. The summed E-state index contributed by atoms with van der Waals surface area (Å²) in [4.78, 5) is 13.2. The lowest BCUT2D eigenvalue weighted by Crippen LogP contribution is -2.65. The van der Waals surface area contributed by atoms with Crippen molar-refractivity contribution in [2.24, 2.45) is 0 Å². The van der Waals surface area contributed by atoms with Gasteiger partial charge in [0.15, 0.2) is 12.6 Å². The van der Waals surface area contributed by atoms with E-state index in [1.807, 2.05) is 6.08 Å². The molecule has 0 radical (unpaired) electrons. The second-order valence-corrected chi connectivity index (χ2v) is 22.2. The van der Waals surface area contributed by atoms with Gasteiger partial charge in [0, 0.05) is 6.42 Å². The molecule has 12 unspecified atom stereocenters. The van der Waals surface area contributed by atoms with Crippen molar-refractivity contribution in [1.29, 1.82) is 0 Å². The molecular formula is C64H115NO13. The Morgan fingerprint density at radius 1 is 0.474 bits per heavy atom. The Balaban J connectivity index is 1.51. The molecule has 0 bridgehead atoms. The zero-order valence-corrected chi connectivity index (χ0v) is 48.9. The molecule has 9 N–H and O–H groups in total. The van der Waals surface area contributed by atoms with Crippen molar-refractivity contribution in [1.82, 2.24) is 5.32 Å². The third kappa shape index (κ3) is 34.2. The predicted octanol–water partition coefficient (Wildman–Crippen LogP) is 11.3. The molecule has 2 heterocycles. The van der Waals surface area contributed by atoms with Crippen LogP contribution in [0.5, 0.6) is 0 Å². The maximum absolute atomic E-state index is 13.2. The van der Waals surface area contributed by atoms with E-state index < -0.39 is 86.8 Å². The van der Waals surface area contributed by atoms with Gasteiger partial charge in [0.2, 0.25) is 5.91 Å². The highest BCUT2D eigenvalue weighted by molar-refractivity contribution is 5.76. The molecule has 12 atom stereocenters. The lowest BCUT2D eigenvalue weighted by Gasteiger charge is -2.46. The van der Waals surface area contributed by atoms with E-state index in [9.17, 15) is 45.6 Å². The largest absolute Gasteiger partial charge is 0.394 e. The van der Waals surface area contributed by atoms with Gasteiger partial charge in [0.05, 0.1) is 32.0 Å². The first-order valence-corrected chi connectivity index (χ1v) is 31.5. The van der Waals surface area contributed by atoms with Crippen LogP contribution in [-0.4, -0.2) is 140 Å². The van der Waals surface area contributed by atoms with E-state index in [1.165, 1.54) is 141 Å². The average molecular weight is 1110 g/mol. The molecule has 2 aliphatic rings. The summed E-state index contributed by atoms with van der Waals surface area (Å²) in [7, 11) is 0. The number of unbranched alkanes of at least 4 members (excludes halogenated alkanes) is 29. The van der Waals surface area contributed by atoms with Crippen molar-refractivity contribution in [2.75, 3.05) is 19.8 Å². The Bertz CT molecular complexity index is 1540. The van der Waals surface area contributed by atoms with Crippen LogP contribution in [0.15, 0.2) is 60.8 Å². The van der Waals surface area contributed by atoms with E-state index in [0.717, 1.165) is 77.0 Å². The zero-order valence-electron chi connectivity index (χ0n) is 48.9. The quantitative estimate of drug-likeness (QED) is 0.0204. The fourth-order valence-electron chi connectivity index (χ4n) is 10.2. The number of hydrogen-bond acceptors (Lipinski definition) is 13. The van der Waals surface area contributed by atoms with E-state index >= 15 is 0 Å². The number of hydrogen-bond donors (Lipinski definition) is 9. The predicted molar refractivity (Wildman–Crippen MR) is 314 cm³/mol. The summed E-state index contributed by atoms with van der Waals surface area (Å²) in [5.74, 6) is -0.241. The van der Waals surface area contributed by atoms with Crippen LogP contribution in [0.3, 0.4) is 0 Å². The second kappa shape index (κ2) is 49.3. The van der Waals surface area contributed by atoms with Gasteiger partial charge in [0.25, 0.3) is 0 Å². The molecule has 0 aliphatic carbocycles. The van der Waals surface area contributed by atoms with E-state index in [0.29, 0.717) is 6.42 Å². The monoisotopic (exact) mass is 1110 g/mol. The number of aliphatic hydroxyl groups is 8. The Morgan fingerprint density at radius 2 is 0.885 bits per heavy atom. The van der Waals surface area contributed by atoms with Crippen molar-refractivity contribution in [2.45, 2.75) is 319 Å². The number of amides is 1. The Hall–Kier alpha value is -2.31. The first-order chi connectivity index (χ1) is 38.1. The average Bonchev–Trinajstić information content (AvgIpc) is 3.47. The smallest absolute Gasteiger partial charge is 0.220 e. The van der Waals surface area contributed by atoms with Crippen LogP contribution in [0.25, 0.3) is 0 Å². The summed E-state index contributed by atoms with van der Waals surface area (Å²) in [6.07, 6.45) is 47.7. The lowest BCUT2D eigenvalue weighted by atomic mass is 9.97. The number of carbonyl (C=O) groups excluding carboxylic acids is 1. The van der Waals surface area contributed by atoms with Gasteiger partial charge in [-0.2, -0.15) is 0 Å². The third-order valence-corrected chi connectivity index (χ3v) is 15.2. The maximum Gasteiger partial charge on any atom is 0.220 e. The number of carbonyl (C=O) groups is 1. The maximum atomic E-state index is 13.2. The van der Waals surface area contributed by atoms with E-state index in [4.69, 9.17) is 18.9 Å². The molecule has 0 saturated carbocycles. The van der Waals surface area contributed by atoms with E-state index in [2.05, 4.69) is 67.8 Å². The first-order valence-electron chi connectivity index (χ1n) is 31.5. The highest BCUT2D eigenvalue weighted by atomic mass is 16.7. The molecule has 14 nitrogen and oxygen atoms in total. The first kappa shape index (κ1) is 71.8. The van der Waals surface area contributed by atoms with E-state index in [-0.39, 0.29) is 18.9 Å².